The van der Waals surface area contributed by atoms with Crippen molar-refractivity contribution in [2.75, 3.05) is 7.11 Å². The normalized spacial score (nSPS) is 8.73. The van der Waals surface area contributed by atoms with Crippen molar-refractivity contribution >= 4 is 0 Å². The maximum Gasteiger partial charge on any atom is 0.141 e. The molecule has 0 unspecified atom stereocenters. The van der Waals surface area contributed by atoms with E-state index in [1.165, 1.54) is 0 Å². The molecule has 1 rings (SSSR count). The van der Waals surface area contributed by atoms with Gasteiger partial charge >= 0.3 is 0 Å². The molecule has 0 aliphatic rings. The van der Waals surface area contributed by atoms with E-state index in [1.54, 1.807) is 25.6 Å². The quantitative estimate of drug-likeness (QED) is 0.632. The van der Waals surface area contributed by atoms with E-state index in [9.17, 15) is 0 Å². The van der Waals surface area contributed by atoms with Crippen molar-refractivity contribution in [2.45, 2.75) is 6.42 Å². The van der Waals surface area contributed by atoms with Crippen molar-refractivity contribution in [3.05, 3.63) is 24.0 Å². The SMILES string of the molecule is COc1cnccc1CC#N. The Morgan fingerprint density at radius 2 is 2.55 bits per heavy atom. The average molecular weight is 148 g/mol. The van der Waals surface area contributed by atoms with E-state index in [-0.39, 0.29) is 0 Å². The van der Waals surface area contributed by atoms with Crippen molar-refractivity contribution in [3.63, 3.8) is 0 Å². The lowest BCUT2D eigenvalue weighted by Gasteiger charge is -2.02. The summed E-state index contributed by atoms with van der Waals surface area (Å²) in [6.45, 7) is 0. The fourth-order valence-electron chi connectivity index (χ4n) is 0.824. The van der Waals surface area contributed by atoms with Crippen LogP contribution in [0.2, 0.25) is 0 Å². The minimum atomic E-state index is 0.367. The number of pyridine rings is 1. The van der Waals surface area contributed by atoms with Crippen LogP contribution >= 0.6 is 0 Å². The van der Waals surface area contributed by atoms with Crippen molar-refractivity contribution < 1.29 is 4.74 Å². The Morgan fingerprint density at radius 1 is 1.73 bits per heavy atom. The molecule has 11 heavy (non-hydrogen) atoms. The summed E-state index contributed by atoms with van der Waals surface area (Å²) in [6.07, 6.45) is 3.62. The molecule has 0 fully saturated rings. The lowest BCUT2D eigenvalue weighted by Crippen LogP contribution is -1.90. The second-order valence-electron chi connectivity index (χ2n) is 2.02. The molecule has 1 aromatic rings. The number of aromatic nitrogens is 1. The number of nitrogens with zero attached hydrogens (tertiary/aromatic N) is 2. The number of nitriles is 1. The number of rotatable bonds is 2. The van der Waals surface area contributed by atoms with Crippen molar-refractivity contribution in [3.8, 4) is 11.8 Å². The van der Waals surface area contributed by atoms with E-state index in [2.05, 4.69) is 11.1 Å². The molecule has 0 saturated carbocycles. The zero-order chi connectivity index (χ0) is 8.10. The van der Waals surface area contributed by atoms with Crippen LogP contribution in [0.15, 0.2) is 18.5 Å². The fraction of sp³-hybridized carbons (Fsp3) is 0.250. The number of hydrogen-bond acceptors (Lipinski definition) is 3. The Hall–Kier alpha value is -1.56. The van der Waals surface area contributed by atoms with E-state index in [4.69, 9.17) is 10.00 Å². The summed E-state index contributed by atoms with van der Waals surface area (Å²) in [7, 11) is 1.57. The fourth-order valence-corrected chi connectivity index (χ4v) is 0.824. The summed E-state index contributed by atoms with van der Waals surface area (Å²) < 4.78 is 4.98. The average Bonchev–Trinajstić information content (AvgIpc) is 2.06. The molecule has 1 aromatic heterocycles. The highest BCUT2D eigenvalue weighted by molar-refractivity contribution is 5.31. The second-order valence-corrected chi connectivity index (χ2v) is 2.02. The number of ether oxygens (including phenoxy) is 1. The van der Waals surface area contributed by atoms with Gasteiger partial charge in [0.1, 0.15) is 5.75 Å². The Kier molecular flexibility index (Phi) is 2.45. The van der Waals surface area contributed by atoms with E-state index >= 15 is 0 Å². The van der Waals surface area contributed by atoms with E-state index in [0.717, 1.165) is 5.56 Å². The van der Waals surface area contributed by atoms with Crippen molar-refractivity contribution in [1.29, 1.82) is 5.26 Å². The van der Waals surface area contributed by atoms with Gasteiger partial charge in [-0.2, -0.15) is 5.26 Å². The molecule has 3 heteroatoms. The molecule has 0 aliphatic carbocycles. The van der Waals surface area contributed by atoms with Gasteiger partial charge < -0.3 is 4.74 Å². The van der Waals surface area contributed by atoms with Gasteiger partial charge in [0.15, 0.2) is 0 Å². The van der Waals surface area contributed by atoms with Crippen LogP contribution in [-0.2, 0) is 6.42 Å². The Bertz CT molecular complexity index is 278. The van der Waals surface area contributed by atoms with Crippen LogP contribution in [0.5, 0.6) is 5.75 Å². The molecule has 0 aromatic carbocycles. The highest BCUT2D eigenvalue weighted by Crippen LogP contribution is 2.15. The summed E-state index contributed by atoms with van der Waals surface area (Å²) in [5.74, 6) is 0.675. The molecule has 0 radical (unpaired) electrons. The molecule has 3 nitrogen and oxygen atoms in total. The number of methoxy groups -OCH3 is 1. The molecular weight excluding hydrogens is 140 g/mol. The molecule has 0 amide bonds. The van der Waals surface area contributed by atoms with E-state index in [0.29, 0.717) is 12.2 Å². The molecule has 0 atom stereocenters. The molecule has 0 N–H and O–H groups in total. The predicted octanol–water partition coefficient (Wildman–Crippen LogP) is 1.16. The Balaban J connectivity index is 2.94. The van der Waals surface area contributed by atoms with Gasteiger partial charge in [0.2, 0.25) is 0 Å². The third kappa shape index (κ3) is 1.68. The first kappa shape index (κ1) is 7.55. The highest BCUT2D eigenvalue weighted by atomic mass is 16.5. The molecule has 0 spiro atoms. The molecule has 0 saturated heterocycles. The molecule has 1 heterocycles. The third-order valence-electron chi connectivity index (χ3n) is 1.36. The lowest BCUT2D eigenvalue weighted by atomic mass is 10.2. The van der Waals surface area contributed by atoms with Gasteiger partial charge in [0, 0.05) is 11.8 Å². The topological polar surface area (TPSA) is 45.9 Å². The van der Waals surface area contributed by atoms with E-state index < -0.39 is 0 Å². The van der Waals surface area contributed by atoms with Crippen LogP contribution in [0.3, 0.4) is 0 Å². The summed E-state index contributed by atoms with van der Waals surface area (Å²) >= 11 is 0. The zero-order valence-corrected chi connectivity index (χ0v) is 6.24. The first-order valence-corrected chi connectivity index (χ1v) is 3.22. The smallest absolute Gasteiger partial charge is 0.141 e. The van der Waals surface area contributed by atoms with Crippen molar-refractivity contribution in [1.82, 2.24) is 4.98 Å². The zero-order valence-electron chi connectivity index (χ0n) is 6.24. The Morgan fingerprint density at radius 3 is 3.18 bits per heavy atom. The maximum atomic E-state index is 8.41. The molecule has 0 bridgehead atoms. The minimum absolute atomic E-state index is 0.367. The second kappa shape index (κ2) is 3.57. The summed E-state index contributed by atoms with van der Waals surface area (Å²) in [6, 6.07) is 3.83. The van der Waals surface area contributed by atoms with Crippen LogP contribution in [0.25, 0.3) is 0 Å². The maximum absolute atomic E-state index is 8.41. The minimum Gasteiger partial charge on any atom is -0.495 e. The monoisotopic (exact) mass is 148 g/mol. The third-order valence-corrected chi connectivity index (χ3v) is 1.36. The first-order valence-electron chi connectivity index (χ1n) is 3.22. The molecular formula is C8H8N2O. The lowest BCUT2D eigenvalue weighted by molar-refractivity contribution is 0.409. The van der Waals surface area contributed by atoms with Crippen LogP contribution in [0.1, 0.15) is 5.56 Å². The van der Waals surface area contributed by atoms with Gasteiger partial charge in [-0.1, -0.05) is 0 Å². The van der Waals surface area contributed by atoms with Gasteiger partial charge in [-0.05, 0) is 6.07 Å². The van der Waals surface area contributed by atoms with Crippen LogP contribution in [0, 0.1) is 11.3 Å². The van der Waals surface area contributed by atoms with Crippen LogP contribution in [-0.4, -0.2) is 12.1 Å². The number of hydrogen-bond donors (Lipinski definition) is 0. The summed E-state index contributed by atoms with van der Waals surface area (Å²) in [5, 5.41) is 8.41. The predicted molar refractivity (Wildman–Crippen MR) is 40.1 cm³/mol. The van der Waals surface area contributed by atoms with E-state index in [1.807, 2.05) is 0 Å². The van der Waals surface area contributed by atoms with Gasteiger partial charge in [0.05, 0.1) is 25.8 Å². The standard InChI is InChI=1S/C8H8N2O/c1-11-8-6-10-5-3-7(8)2-4-9/h3,5-6H,2H2,1H3. The van der Waals surface area contributed by atoms with Gasteiger partial charge in [0.25, 0.3) is 0 Å². The summed E-state index contributed by atoms with van der Waals surface area (Å²) in [5.41, 5.74) is 0.880. The van der Waals surface area contributed by atoms with Gasteiger partial charge in [-0.25, -0.2) is 0 Å². The largest absolute Gasteiger partial charge is 0.495 e. The summed E-state index contributed by atoms with van der Waals surface area (Å²) in [4.78, 5) is 3.86. The Labute approximate surface area is 65.3 Å². The van der Waals surface area contributed by atoms with Crippen molar-refractivity contribution in [2.24, 2.45) is 0 Å². The van der Waals surface area contributed by atoms with Crippen LogP contribution < -0.4 is 4.74 Å². The first-order chi connectivity index (χ1) is 5.38. The van der Waals surface area contributed by atoms with Gasteiger partial charge in [-0.3, -0.25) is 4.98 Å². The highest BCUT2D eigenvalue weighted by Gasteiger charge is 1.99. The molecule has 56 valence electrons. The van der Waals surface area contributed by atoms with Gasteiger partial charge in [-0.15, -0.1) is 0 Å². The van der Waals surface area contributed by atoms with Crippen LogP contribution in [0.4, 0.5) is 0 Å². The molecule has 0 aliphatic heterocycles.